The molecule has 2 aromatic rings. The number of hydroxylamine groups is 1. The molecular formula is C19H21FN4O5. The molecule has 0 radical (unpaired) electrons. The fourth-order valence-electron chi connectivity index (χ4n) is 3.26. The largest absolute Gasteiger partial charge is 0.472 e. The number of benzene rings is 1. The van der Waals surface area contributed by atoms with E-state index in [0.29, 0.717) is 49.0 Å². The maximum Gasteiger partial charge on any atom is 0.409 e. The van der Waals surface area contributed by atoms with Crippen LogP contribution >= 0.6 is 0 Å². The number of carbonyl (C=O) groups is 1. The van der Waals surface area contributed by atoms with Crippen molar-refractivity contribution in [1.82, 2.24) is 15.5 Å². The molecule has 1 N–H and O–H groups in total. The minimum atomic E-state index is -0.359. The van der Waals surface area contributed by atoms with E-state index in [-0.39, 0.29) is 24.6 Å². The highest BCUT2D eigenvalue weighted by Gasteiger charge is 2.24. The minimum Gasteiger partial charge on any atom is -0.472 e. The van der Waals surface area contributed by atoms with Crippen molar-refractivity contribution in [2.45, 2.75) is 6.10 Å². The Morgan fingerprint density at radius 2 is 2.14 bits per heavy atom. The second kappa shape index (κ2) is 8.39. The number of methoxy groups -OCH3 is 1. The number of nitrogens with zero attached hydrogens (tertiary/aromatic N) is 3. The number of anilines is 1. The Labute approximate surface area is 166 Å². The molecular weight excluding hydrogens is 383 g/mol. The van der Waals surface area contributed by atoms with Gasteiger partial charge in [0.15, 0.2) is 0 Å². The first kappa shape index (κ1) is 19.1. The summed E-state index contributed by atoms with van der Waals surface area (Å²) in [6.07, 6.45) is 2.55. The van der Waals surface area contributed by atoms with Gasteiger partial charge in [0.25, 0.3) is 5.88 Å². The number of ether oxygens (including phenoxy) is 2. The predicted octanol–water partition coefficient (Wildman–Crippen LogP) is 2.03. The van der Waals surface area contributed by atoms with Crippen LogP contribution in [-0.4, -0.2) is 62.1 Å². The number of aromatic nitrogens is 1. The van der Waals surface area contributed by atoms with Crippen LogP contribution in [0.3, 0.4) is 0 Å². The molecule has 9 nitrogen and oxygen atoms in total. The molecule has 1 unspecified atom stereocenters. The molecule has 1 atom stereocenters. The van der Waals surface area contributed by atoms with Gasteiger partial charge < -0.3 is 23.8 Å². The van der Waals surface area contributed by atoms with Crippen LogP contribution < -0.4 is 15.1 Å². The quantitative estimate of drug-likeness (QED) is 0.810. The van der Waals surface area contributed by atoms with Crippen LogP contribution in [0.1, 0.15) is 5.56 Å². The minimum absolute atomic E-state index is 0.244. The molecule has 1 fully saturated rings. The number of halogens is 1. The third kappa shape index (κ3) is 4.27. The van der Waals surface area contributed by atoms with Crippen molar-refractivity contribution in [3.8, 4) is 5.88 Å². The fraction of sp³-hybridized carbons (Fsp3) is 0.368. The van der Waals surface area contributed by atoms with Crippen LogP contribution in [0.5, 0.6) is 5.88 Å². The summed E-state index contributed by atoms with van der Waals surface area (Å²) in [5.41, 5.74) is 4.64. The summed E-state index contributed by atoms with van der Waals surface area (Å²) in [7, 11) is 1.35. The number of hydrogen-bond donors (Lipinski definition) is 1. The van der Waals surface area contributed by atoms with Gasteiger partial charge in [-0.05, 0) is 23.4 Å². The van der Waals surface area contributed by atoms with E-state index >= 15 is 0 Å². The third-order valence-corrected chi connectivity index (χ3v) is 4.79. The van der Waals surface area contributed by atoms with Gasteiger partial charge >= 0.3 is 6.09 Å². The van der Waals surface area contributed by atoms with Crippen LogP contribution in [-0.2, 0) is 9.57 Å². The highest BCUT2D eigenvalue weighted by atomic mass is 19.1. The molecule has 10 heteroatoms. The van der Waals surface area contributed by atoms with Crippen molar-refractivity contribution in [2.75, 3.05) is 44.8 Å². The molecule has 2 aliphatic heterocycles. The summed E-state index contributed by atoms with van der Waals surface area (Å²) in [6, 6.07) is 6.63. The highest BCUT2D eigenvalue weighted by Crippen LogP contribution is 2.26. The predicted molar refractivity (Wildman–Crippen MR) is 101 cm³/mol. The molecule has 4 rings (SSSR count). The number of rotatable bonds is 5. The van der Waals surface area contributed by atoms with Crippen molar-refractivity contribution >= 4 is 17.5 Å². The zero-order valence-corrected chi connectivity index (χ0v) is 15.8. The van der Waals surface area contributed by atoms with Crippen molar-refractivity contribution in [2.24, 2.45) is 0 Å². The Morgan fingerprint density at radius 1 is 1.31 bits per heavy atom. The number of piperazine rings is 1. The number of hydrogen-bond acceptors (Lipinski definition) is 8. The van der Waals surface area contributed by atoms with Gasteiger partial charge in [0, 0.05) is 37.8 Å². The lowest BCUT2D eigenvalue weighted by molar-refractivity contribution is 0.0219. The van der Waals surface area contributed by atoms with E-state index in [1.165, 1.54) is 19.4 Å². The van der Waals surface area contributed by atoms with Gasteiger partial charge in [-0.25, -0.2) is 9.18 Å². The lowest BCUT2D eigenvalue weighted by Crippen LogP contribution is -2.49. The van der Waals surface area contributed by atoms with Crippen molar-refractivity contribution in [3.05, 3.63) is 48.0 Å². The Hall–Kier alpha value is -3.27. The Balaban J connectivity index is 1.37. The lowest BCUT2D eigenvalue weighted by atomic mass is 10.1. The summed E-state index contributed by atoms with van der Waals surface area (Å²) < 4.78 is 29.6. The monoisotopic (exact) mass is 404 g/mol. The van der Waals surface area contributed by atoms with Gasteiger partial charge in [0.2, 0.25) is 0 Å². The molecule has 0 bridgehead atoms. The number of carbonyl (C=O) groups excluding carboxylic acids is 1. The Morgan fingerprint density at radius 3 is 2.83 bits per heavy atom. The first-order valence-corrected chi connectivity index (χ1v) is 9.18. The molecule has 154 valence electrons. The van der Waals surface area contributed by atoms with Crippen molar-refractivity contribution in [3.63, 3.8) is 0 Å². The molecule has 0 saturated carbocycles. The first-order valence-electron chi connectivity index (χ1n) is 9.18. The van der Waals surface area contributed by atoms with Gasteiger partial charge in [-0.3, -0.25) is 10.3 Å². The van der Waals surface area contributed by atoms with Gasteiger partial charge in [0.1, 0.15) is 24.8 Å². The van der Waals surface area contributed by atoms with E-state index in [9.17, 15) is 9.18 Å². The van der Waals surface area contributed by atoms with E-state index in [1.807, 2.05) is 17.0 Å². The Bertz CT molecular complexity index is 881. The van der Waals surface area contributed by atoms with E-state index in [1.54, 1.807) is 17.0 Å². The average Bonchev–Trinajstić information content (AvgIpc) is 3.44. The van der Waals surface area contributed by atoms with Gasteiger partial charge in [-0.1, -0.05) is 6.07 Å². The van der Waals surface area contributed by atoms with Crippen molar-refractivity contribution in [1.29, 1.82) is 0 Å². The molecule has 1 aromatic heterocycles. The number of amides is 1. The van der Waals surface area contributed by atoms with Crippen LogP contribution in [0, 0.1) is 5.82 Å². The van der Waals surface area contributed by atoms with Gasteiger partial charge in [-0.2, -0.15) is 0 Å². The molecule has 1 aromatic carbocycles. The molecule has 1 amide bonds. The summed E-state index contributed by atoms with van der Waals surface area (Å²) in [5, 5.41) is 3.66. The fourth-order valence-corrected chi connectivity index (χ4v) is 3.26. The SMILES string of the molecule is COC(=O)N1CCN(c2ccc(C3=CC(COc4ccon4)ON3)cc2F)CC1. The number of nitrogens with one attached hydrogen (secondary N) is 1. The molecule has 2 aliphatic rings. The third-order valence-electron chi connectivity index (χ3n) is 4.79. The normalized spacial score (nSPS) is 19.0. The van der Waals surface area contributed by atoms with Crippen molar-refractivity contribution < 1.29 is 28.0 Å². The van der Waals surface area contributed by atoms with E-state index in [2.05, 4.69) is 10.6 Å². The molecule has 29 heavy (non-hydrogen) atoms. The van der Waals surface area contributed by atoms with E-state index in [0.717, 1.165) is 0 Å². The molecule has 3 heterocycles. The zero-order valence-electron chi connectivity index (χ0n) is 15.8. The van der Waals surface area contributed by atoms with Gasteiger partial charge in [0.05, 0.1) is 18.5 Å². The van der Waals surface area contributed by atoms with Crippen LogP contribution in [0.15, 0.2) is 41.1 Å². The average molecular weight is 404 g/mol. The Kier molecular flexibility index (Phi) is 5.52. The maximum absolute atomic E-state index is 14.8. The second-order valence-electron chi connectivity index (χ2n) is 6.60. The second-order valence-corrected chi connectivity index (χ2v) is 6.60. The summed E-state index contributed by atoms with van der Waals surface area (Å²) in [4.78, 5) is 20.5. The van der Waals surface area contributed by atoms with Crippen LogP contribution in [0.2, 0.25) is 0 Å². The van der Waals surface area contributed by atoms with Gasteiger partial charge in [-0.15, -0.1) is 0 Å². The highest BCUT2D eigenvalue weighted by molar-refractivity contribution is 5.69. The van der Waals surface area contributed by atoms with E-state index < -0.39 is 0 Å². The summed E-state index contributed by atoms with van der Waals surface area (Å²) in [6.45, 7) is 2.30. The summed E-state index contributed by atoms with van der Waals surface area (Å²) >= 11 is 0. The summed E-state index contributed by atoms with van der Waals surface area (Å²) in [5.74, 6) is 0.0390. The lowest BCUT2D eigenvalue weighted by Gasteiger charge is -2.35. The molecule has 0 aliphatic carbocycles. The van der Waals surface area contributed by atoms with Crippen LogP contribution in [0.25, 0.3) is 5.70 Å². The molecule has 0 spiro atoms. The van der Waals surface area contributed by atoms with Crippen LogP contribution in [0.4, 0.5) is 14.9 Å². The standard InChI is InChI=1S/C19H21FN4O5/c1-26-19(25)24-7-5-23(6-8-24)17-3-2-13(10-15(17)20)16-11-14(29-21-16)12-27-18-4-9-28-22-18/h2-4,9-11,14,21H,5-8,12H2,1H3. The smallest absolute Gasteiger partial charge is 0.409 e. The zero-order chi connectivity index (χ0) is 20.2. The van der Waals surface area contributed by atoms with E-state index in [4.69, 9.17) is 18.8 Å². The topological polar surface area (TPSA) is 89.3 Å². The molecule has 1 saturated heterocycles. The first-order chi connectivity index (χ1) is 14.1. The maximum atomic E-state index is 14.8.